The van der Waals surface area contributed by atoms with Crippen molar-refractivity contribution >= 4 is 11.9 Å². The second-order valence-electron chi connectivity index (χ2n) is 9.31. The van der Waals surface area contributed by atoms with Crippen LogP contribution in [0.2, 0.25) is 0 Å². The van der Waals surface area contributed by atoms with Gasteiger partial charge in [0.2, 0.25) is 0 Å². The number of rotatable bonds is 7. The molecule has 0 N–H and O–H groups in total. The Balaban J connectivity index is 2.29. The molecule has 0 aliphatic heterocycles. The van der Waals surface area contributed by atoms with Crippen molar-refractivity contribution in [3.63, 3.8) is 0 Å². The fourth-order valence-corrected chi connectivity index (χ4v) is 3.73. The van der Waals surface area contributed by atoms with Crippen LogP contribution in [0.5, 0.6) is 0 Å². The second kappa shape index (κ2) is 10.2. The van der Waals surface area contributed by atoms with Crippen LogP contribution in [0.4, 0.5) is 8.78 Å². The molecule has 0 saturated carbocycles. The minimum Gasteiger partial charge on any atom is -0.461 e. The number of esters is 2. The van der Waals surface area contributed by atoms with Crippen molar-refractivity contribution in [2.75, 3.05) is 0 Å². The molecule has 0 saturated heterocycles. The van der Waals surface area contributed by atoms with E-state index in [4.69, 9.17) is 9.47 Å². The Bertz CT molecular complexity index is 927. The van der Waals surface area contributed by atoms with Gasteiger partial charge >= 0.3 is 11.9 Å². The van der Waals surface area contributed by atoms with Crippen LogP contribution in [0, 0.1) is 31.4 Å². The molecule has 4 nitrogen and oxygen atoms in total. The minimum atomic E-state index is -0.698. The highest BCUT2D eigenvalue weighted by atomic mass is 19.1. The highest BCUT2D eigenvalue weighted by molar-refractivity contribution is 5.80. The molecular weight excluding hydrogens is 414 g/mol. The van der Waals surface area contributed by atoms with E-state index >= 15 is 0 Å². The lowest BCUT2D eigenvalue weighted by molar-refractivity contribution is -0.163. The van der Waals surface area contributed by atoms with Crippen LogP contribution >= 0.6 is 0 Å². The first-order valence-electron chi connectivity index (χ1n) is 10.7. The molecule has 0 aromatic heterocycles. The van der Waals surface area contributed by atoms with Crippen LogP contribution in [-0.2, 0) is 19.1 Å². The standard InChI is InChI=1S/C26H32F2O4/c1-15-12-19(27)8-10-21(15)24(22-11-9-20(28)13-16(22)2)18(4)31-25(30)17(3)14-23(29)32-26(5,6)7/h8-13,17-18,24H,14H2,1-7H3/t17-,18+/m1/s1. The van der Waals surface area contributed by atoms with E-state index < -0.39 is 35.5 Å². The molecule has 0 radical (unpaired) electrons. The zero-order valence-corrected chi connectivity index (χ0v) is 19.8. The predicted molar refractivity (Wildman–Crippen MR) is 119 cm³/mol. The van der Waals surface area contributed by atoms with Crippen molar-refractivity contribution in [1.82, 2.24) is 0 Å². The molecule has 0 aliphatic carbocycles. The maximum atomic E-state index is 13.7. The average Bonchev–Trinajstić information content (AvgIpc) is 2.63. The van der Waals surface area contributed by atoms with Gasteiger partial charge in [-0.05, 0) is 88.1 Å². The van der Waals surface area contributed by atoms with E-state index in [2.05, 4.69) is 0 Å². The monoisotopic (exact) mass is 446 g/mol. The number of aryl methyl sites for hydroxylation is 2. The highest BCUT2D eigenvalue weighted by Crippen LogP contribution is 2.35. The fraction of sp³-hybridized carbons (Fsp3) is 0.462. The summed E-state index contributed by atoms with van der Waals surface area (Å²) in [5, 5.41) is 0. The first-order chi connectivity index (χ1) is 14.8. The molecule has 2 aromatic rings. The molecule has 0 spiro atoms. The normalized spacial score (nSPS) is 13.6. The number of carbonyl (C=O) groups excluding carboxylic acids is 2. The van der Waals surface area contributed by atoms with Gasteiger partial charge in [-0.1, -0.05) is 19.1 Å². The molecule has 2 rings (SSSR count). The molecule has 6 heteroatoms. The van der Waals surface area contributed by atoms with Gasteiger partial charge in [0.1, 0.15) is 23.3 Å². The SMILES string of the molecule is Cc1cc(F)ccc1C(c1ccc(F)cc1C)[C@H](C)OC(=O)[C@H](C)CC(=O)OC(C)(C)C. The van der Waals surface area contributed by atoms with Crippen LogP contribution in [0.1, 0.15) is 69.2 Å². The van der Waals surface area contributed by atoms with Gasteiger partial charge in [-0.15, -0.1) is 0 Å². The molecular formula is C26H32F2O4. The molecule has 0 aliphatic rings. The minimum absolute atomic E-state index is 0.0986. The van der Waals surface area contributed by atoms with Crippen LogP contribution in [-0.4, -0.2) is 23.6 Å². The Kier molecular flexibility index (Phi) is 8.16. The fourth-order valence-electron chi connectivity index (χ4n) is 3.73. The Morgan fingerprint density at radius 2 is 1.38 bits per heavy atom. The molecule has 0 unspecified atom stereocenters. The molecule has 0 amide bonds. The summed E-state index contributed by atoms with van der Waals surface area (Å²) in [6.07, 6.45) is -0.740. The molecule has 2 atom stereocenters. The third kappa shape index (κ3) is 6.87. The van der Waals surface area contributed by atoms with Gasteiger partial charge < -0.3 is 9.47 Å². The topological polar surface area (TPSA) is 52.6 Å². The van der Waals surface area contributed by atoms with Crippen LogP contribution < -0.4 is 0 Å². The van der Waals surface area contributed by atoms with E-state index in [9.17, 15) is 18.4 Å². The number of halogens is 2. The third-order valence-electron chi connectivity index (χ3n) is 5.20. The van der Waals surface area contributed by atoms with Gasteiger partial charge in [0.05, 0.1) is 12.3 Å². The number of hydrogen-bond donors (Lipinski definition) is 0. The summed E-state index contributed by atoms with van der Waals surface area (Å²) < 4.78 is 38.5. The Hall–Kier alpha value is -2.76. The summed E-state index contributed by atoms with van der Waals surface area (Å²) in [7, 11) is 0. The lowest BCUT2D eigenvalue weighted by Crippen LogP contribution is -2.30. The maximum Gasteiger partial charge on any atom is 0.309 e. The van der Waals surface area contributed by atoms with E-state index in [-0.39, 0.29) is 18.1 Å². The van der Waals surface area contributed by atoms with E-state index in [1.165, 1.54) is 24.3 Å². The van der Waals surface area contributed by atoms with Crippen molar-refractivity contribution in [2.45, 2.75) is 72.5 Å². The van der Waals surface area contributed by atoms with Gasteiger partial charge in [0, 0.05) is 5.92 Å². The van der Waals surface area contributed by atoms with Crippen LogP contribution in [0.15, 0.2) is 36.4 Å². The zero-order chi connectivity index (χ0) is 24.2. The highest BCUT2D eigenvalue weighted by Gasteiger charge is 2.30. The Morgan fingerprint density at radius 3 is 1.78 bits per heavy atom. The van der Waals surface area contributed by atoms with Crippen molar-refractivity contribution < 1.29 is 27.8 Å². The molecule has 2 aromatic carbocycles. The van der Waals surface area contributed by atoms with Crippen molar-refractivity contribution in [3.8, 4) is 0 Å². The van der Waals surface area contributed by atoms with E-state index in [1.54, 1.807) is 60.6 Å². The van der Waals surface area contributed by atoms with E-state index in [1.807, 2.05) is 0 Å². The van der Waals surface area contributed by atoms with Gasteiger partial charge in [-0.25, -0.2) is 8.78 Å². The zero-order valence-electron chi connectivity index (χ0n) is 19.8. The van der Waals surface area contributed by atoms with E-state index in [0.717, 1.165) is 11.1 Å². The summed E-state index contributed by atoms with van der Waals surface area (Å²) in [6, 6.07) is 8.86. The molecule has 0 fully saturated rings. The van der Waals surface area contributed by atoms with Crippen molar-refractivity contribution in [3.05, 3.63) is 70.3 Å². The number of hydrogen-bond acceptors (Lipinski definition) is 4. The lowest BCUT2D eigenvalue weighted by Gasteiger charge is -2.29. The van der Waals surface area contributed by atoms with E-state index in [0.29, 0.717) is 11.1 Å². The number of benzene rings is 2. The summed E-state index contributed by atoms with van der Waals surface area (Å²) >= 11 is 0. The second-order valence-corrected chi connectivity index (χ2v) is 9.31. The lowest BCUT2D eigenvalue weighted by atomic mass is 9.82. The largest absolute Gasteiger partial charge is 0.461 e. The summed E-state index contributed by atoms with van der Waals surface area (Å²) in [5.74, 6) is -2.87. The summed E-state index contributed by atoms with van der Waals surface area (Å²) in [4.78, 5) is 24.8. The molecule has 32 heavy (non-hydrogen) atoms. The molecule has 0 bridgehead atoms. The first kappa shape index (κ1) is 25.5. The van der Waals surface area contributed by atoms with Gasteiger partial charge in [0.25, 0.3) is 0 Å². The smallest absolute Gasteiger partial charge is 0.309 e. The predicted octanol–water partition coefficient (Wildman–Crippen LogP) is 6.01. The Labute approximate surface area is 188 Å². The third-order valence-corrected chi connectivity index (χ3v) is 5.20. The maximum absolute atomic E-state index is 13.7. The molecule has 0 heterocycles. The number of carbonyl (C=O) groups is 2. The van der Waals surface area contributed by atoms with Crippen LogP contribution in [0.3, 0.4) is 0 Å². The Morgan fingerprint density at radius 1 is 0.906 bits per heavy atom. The van der Waals surface area contributed by atoms with Crippen molar-refractivity contribution in [2.24, 2.45) is 5.92 Å². The number of ether oxygens (including phenoxy) is 2. The van der Waals surface area contributed by atoms with Gasteiger partial charge in [-0.3, -0.25) is 9.59 Å². The summed E-state index contributed by atoms with van der Waals surface area (Å²) in [5.41, 5.74) is 2.31. The molecule has 174 valence electrons. The summed E-state index contributed by atoms with van der Waals surface area (Å²) in [6.45, 7) is 12.2. The van der Waals surface area contributed by atoms with Crippen molar-refractivity contribution in [1.29, 1.82) is 0 Å². The quantitative estimate of drug-likeness (QED) is 0.489. The van der Waals surface area contributed by atoms with Gasteiger partial charge in [0.15, 0.2) is 0 Å². The van der Waals surface area contributed by atoms with Crippen LogP contribution in [0.25, 0.3) is 0 Å². The average molecular weight is 447 g/mol. The first-order valence-corrected chi connectivity index (χ1v) is 10.7. The van der Waals surface area contributed by atoms with Gasteiger partial charge in [-0.2, -0.15) is 0 Å².